The highest BCUT2D eigenvalue weighted by Crippen LogP contribution is 2.48. The molecule has 0 aliphatic heterocycles. The first-order valence-electron chi connectivity index (χ1n) is 12.3. The Morgan fingerprint density at radius 1 is 1.27 bits per heavy atom. The van der Waals surface area contributed by atoms with Crippen molar-refractivity contribution in [2.45, 2.75) is 110 Å². The standard InChI is InChI=1S/C26H45NO3/c1-5-6-9-19(4)14-22(28)12-13-23-24-16-20(15-21(24)17-25(23)29)10-7-8-11-26(30)27-18(2)3/h12-13,15,18-19,21-25,28-29H,5-11,14,16-17H2,1-4H3,(H,27,30)/t19-,21-,22+,23+,24-,25+/m0/s1. The molecule has 6 atom stereocenters. The lowest BCUT2D eigenvalue weighted by atomic mass is 9.88. The van der Waals surface area contributed by atoms with Gasteiger partial charge in [0.25, 0.3) is 0 Å². The van der Waals surface area contributed by atoms with Crippen molar-refractivity contribution < 1.29 is 15.0 Å². The lowest BCUT2D eigenvalue weighted by Crippen LogP contribution is -2.29. The highest BCUT2D eigenvalue weighted by molar-refractivity contribution is 5.76. The van der Waals surface area contributed by atoms with Gasteiger partial charge in [-0.2, -0.15) is 0 Å². The number of aliphatic hydroxyl groups is 2. The lowest BCUT2D eigenvalue weighted by molar-refractivity contribution is -0.121. The van der Waals surface area contributed by atoms with Crippen molar-refractivity contribution in [1.82, 2.24) is 5.32 Å². The molecule has 0 aromatic rings. The Labute approximate surface area is 184 Å². The first-order chi connectivity index (χ1) is 14.3. The molecule has 0 saturated heterocycles. The summed E-state index contributed by atoms with van der Waals surface area (Å²) in [4.78, 5) is 11.8. The minimum atomic E-state index is -0.408. The van der Waals surface area contributed by atoms with E-state index < -0.39 is 6.10 Å². The van der Waals surface area contributed by atoms with Crippen molar-refractivity contribution in [3.63, 3.8) is 0 Å². The summed E-state index contributed by atoms with van der Waals surface area (Å²) in [5.41, 5.74) is 1.49. The molecule has 0 unspecified atom stereocenters. The van der Waals surface area contributed by atoms with Crippen molar-refractivity contribution >= 4 is 5.91 Å². The van der Waals surface area contributed by atoms with E-state index in [1.54, 1.807) is 0 Å². The number of unbranched alkanes of at least 4 members (excludes halogenated alkanes) is 2. The third kappa shape index (κ3) is 8.19. The number of hydrogen-bond acceptors (Lipinski definition) is 3. The topological polar surface area (TPSA) is 69.6 Å². The molecule has 0 spiro atoms. The van der Waals surface area contributed by atoms with E-state index in [0.29, 0.717) is 24.2 Å². The van der Waals surface area contributed by atoms with Crippen LogP contribution in [0.5, 0.6) is 0 Å². The van der Waals surface area contributed by atoms with E-state index in [4.69, 9.17) is 0 Å². The van der Waals surface area contributed by atoms with Crippen molar-refractivity contribution in [1.29, 1.82) is 0 Å². The number of fused-ring (bicyclic) bond motifs is 1. The SMILES string of the molecule is CCCC[C@H](C)C[C@H](O)C=C[C@@H]1[C@H]2CC(CCCCC(=O)NC(C)C)=C[C@H]2C[C@H]1O. The molecule has 1 saturated carbocycles. The predicted octanol–water partition coefficient (Wildman–Crippen LogP) is 5.15. The van der Waals surface area contributed by atoms with Crippen LogP contribution < -0.4 is 5.32 Å². The van der Waals surface area contributed by atoms with Crippen LogP contribution in [-0.4, -0.2) is 34.4 Å². The Morgan fingerprint density at radius 3 is 2.73 bits per heavy atom. The second kappa shape index (κ2) is 12.7. The van der Waals surface area contributed by atoms with Crippen LogP contribution in [0.1, 0.15) is 91.9 Å². The van der Waals surface area contributed by atoms with Gasteiger partial charge in [-0.25, -0.2) is 0 Å². The van der Waals surface area contributed by atoms with Crippen molar-refractivity contribution in [2.75, 3.05) is 0 Å². The summed E-state index contributed by atoms with van der Waals surface area (Å²) < 4.78 is 0. The normalized spacial score (nSPS) is 28.0. The van der Waals surface area contributed by atoms with Crippen LogP contribution >= 0.6 is 0 Å². The summed E-state index contributed by atoms with van der Waals surface area (Å²) in [5, 5.41) is 23.9. The van der Waals surface area contributed by atoms with E-state index in [9.17, 15) is 15.0 Å². The van der Waals surface area contributed by atoms with Crippen LogP contribution in [0.2, 0.25) is 0 Å². The first kappa shape index (κ1) is 25.1. The number of hydrogen-bond donors (Lipinski definition) is 3. The van der Waals surface area contributed by atoms with E-state index in [0.717, 1.165) is 38.5 Å². The molecule has 0 aromatic carbocycles. The molecule has 0 bridgehead atoms. The number of amides is 1. The van der Waals surface area contributed by atoms with Gasteiger partial charge in [0.1, 0.15) is 0 Å². The van der Waals surface area contributed by atoms with E-state index in [1.807, 2.05) is 19.9 Å². The van der Waals surface area contributed by atoms with Crippen LogP contribution in [-0.2, 0) is 4.79 Å². The second-order valence-corrected chi connectivity index (χ2v) is 10.1. The van der Waals surface area contributed by atoms with Crippen LogP contribution in [0.3, 0.4) is 0 Å². The Morgan fingerprint density at radius 2 is 2.03 bits per heavy atom. The fourth-order valence-electron chi connectivity index (χ4n) is 5.24. The summed E-state index contributed by atoms with van der Waals surface area (Å²) in [6.45, 7) is 8.40. The average molecular weight is 420 g/mol. The van der Waals surface area contributed by atoms with Crippen molar-refractivity contribution in [3.8, 4) is 0 Å². The molecule has 2 aliphatic carbocycles. The molecular formula is C26H45NO3. The molecule has 0 radical (unpaired) electrons. The zero-order valence-electron chi connectivity index (χ0n) is 19.6. The maximum absolute atomic E-state index is 11.8. The second-order valence-electron chi connectivity index (χ2n) is 10.1. The van der Waals surface area contributed by atoms with Crippen LogP contribution in [0.25, 0.3) is 0 Å². The molecule has 172 valence electrons. The lowest BCUT2D eigenvalue weighted by Gasteiger charge is -2.19. The van der Waals surface area contributed by atoms with E-state index in [2.05, 4.69) is 31.3 Å². The van der Waals surface area contributed by atoms with Gasteiger partial charge in [0, 0.05) is 18.4 Å². The van der Waals surface area contributed by atoms with Crippen molar-refractivity contribution in [3.05, 3.63) is 23.8 Å². The maximum Gasteiger partial charge on any atom is 0.220 e. The van der Waals surface area contributed by atoms with Crippen LogP contribution in [0.15, 0.2) is 23.8 Å². The smallest absolute Gasteiger partial charge is 0.220 e. The fourth-order valence-corrected chi connectivity index (χ4v) is 5.24. The third-order valence-electron chi connectivity index (χ3n) is 6.80. The summed E-state index contributed by atoms with van der Waals surface area (Å²) in [6, 6.07) is 0.212. The predicted molar refractivity (Wildman–Crippen MR) is 124 cm³/mol. The summed E-state index contributed by atoms with van der Waals surface area (Å²) in [7, 11) is 0. The highest BCUT2D eigenvalue weighted by Gasteiger charge is 2.43. The van der Waals surface area contributed by atoms with Crippen molar-refractivity contribution in [2.24, 2.45) is 23.7 Å². The molecular weight excluding hydrogens is 374 g/mol. The molecule has 1 amide bonds. The Kier molecular flexibility index (Phi) is 10.6. The number of aliphatic hydroxyl groups excluding tert-OH is 2. The van der Waals surface area contributed by atoms with Gasteiger partial charge < -0.3 is 15.5 Å². The highest BCUT2D eigenvalue weighted by atomic mass is 16.3. The molecule has 0 aromatic heterocycles. The van der Waals surface area contributed by atoms with Gasteiger partial charge in [-0.3, -0.25) is 4.79 Å². The van der Waals surface area contributed by atoms with Gasteiger partial charge in [0.2, 0.25) is 5.91 Å². The minimum absolute atomic E-state index is 0.151. The van der Waals surface area contributed by atoms with Gasteiger partial charge in [-0.15, -0.1) is 0 Å². The van der Waals surface area contributed by atoms with Gasteiger partial charge in [-0.05, 0) is 70.1 Å². The fraction of sp³-hybridized carbons (Fsp3) is 0.808. The monoisotopic (exact) mass is 419 g/mol. The number of nitrogens with one attached hydrogen (secondary N) is 1. The molecule has 1 fully saturated rings. The minimum Gasteiger partial charge on any atom is -0.392 e. The summed E-state index contributed by atoms with van der Waals surface area (Å²) in [6.07, 6.45) is 15.7. The molecule has 2 aliphatic rings. The number of allylic oxidation sites excluding steroid dienone is 2. The maximum atomic E-state index is 11.8. The van der Waals surface area contributed by atoms with E-state index in [-0.39, 0.29) is 24.0 Å². The molecule has 4 heteroatoms. The Hall–Kier alpha value is -1.13. The van der Waals surface area contributed by atoms with E-state index >= 15 is 0 Å². The van der Waals surface area contributed by atoms with Gasteiger partial charge in [0.15, 0.2) is 0 Å². The Balaban J connectivity index is 1.74. The van der Waals surface area contributed by atoms with Crippen LogP contribution in [0, 0.1) is 23.7 Å². The quantitative estimate of drug-likeness (QED) is 0.286. The molecule has 4 nitrogen and oxygen atoms in total. The Bertz CT molecular complexity index is 583. The molecule has 2 rings (SSSR count). The number of carbonyl (C=O) groups excluding carboxylic acids is 1. The van der Waals surface area contributed by atoms with Gasteiger partial charge >= 0.3 is 0 Å². The average Bonchev–Trinajstić information content (AvgIpc) is 3.17. The first-order valence-corrected chi connectivity index (χ1v) is 12.3. The largest absolute Gasteiger partial charge is 0.392 e. The number of carbonyl (C=O) groups is 1. The van der Waals surface area contributed by atoms with Gasteiger partial charge in [0.05, 0.1) is 12.2 Å². The molecule has 0 heterocycles. The molecule has 3 N–H and O–H groups in total. The third-order valence-corrected chi connectivity index (χ3v) is 6.80. The zero-order chi connectivity index (χ0) is 22.1. The summed E-state index contributed by atoms with van der Waals surface area (Å²) in [5.74, 6) is 1.78. The van der Waals surface area contributed by atoms with E-state index in [1.165, 1.54) is 24.8 Å². The summed E-state index contributed by atoms with van der Waals surface area (Å²) >= 11 is 0. The zero-order valence-corrected chi connectivity index (χ0v) is 19.6. The van der Waals surface area contributed by atoms with Gasteiger partial charge in [-0.1, -0.05) is 56.9 Å². The molecule has 30 heavy (non-hydrogen) atoms. The van der Waals surface area contributed by atoms with Crippen LogP contribution in [0.4, 0.5) is 0 Å². The number of rotatable bonds is 13.